The Kier molecular flexibility index (Phi) is 14.0. The van der Waals surface area contributed by atoms with Gasteiger partial charge >= 0.3 is 0 Å². The van der Waals surface area contributed by atoms with Gasteiger partial charge in [-0.3, -0.25) is 30.1 Å². The summed E-state index contributed by atoms with van der Waals surface area (Å²) in [6.07, 6.45) is 5.09. The fraction of sp³-hybridized carbons (Fsp3) is 0.271. The van der Waals surface area contributed by atoms with Gasteiger partial charge < -0.3 is 29.2 Å². The highest BCUT2D eigenvalue weighted by Gasteiger charge is 2.29. The van der Waals surface area contributed by atoms with Gasteiger partial charge in [-0.15, -0.1) is 11.3 Å². The van der Waals surface area contributed by atoms with Gasteiger partial charge in [0, 0.05) is 32.6 Å². The van der Waals surface area contributed by atoms with Crippen LogP contribution in [0.5, 0.6) is 34.5 Å². The Morgan fingerprint density at radius 1 is 0.754 bits per heavy atom. The Morgan fingerprint density at radius 2 is 1.51 bits per heavy atom. The standard InChI is InChI=1S/C48H49N3O9S/c1-57-41-23-12-32(28-42(41)58-2)8-5-7-31-9-6-10-38(27-31)60-30-44(54)49-50-48(56)40-11-3-4-24-51(40)25-26-59-37-20-15-33(16-21-37)46(55)45-39-22-19-36(53)29-43(39)61-47(45)34-13-17-35(52)18-14-34/h6,9-10,12-23,27-29,40,52-53H,3-5,7-8,11,24-26,30H2,1-2H3,(H,49,54)(H,50,56). The molecule has 316 valence electrons. The smallest absolute Gasteiger partial charge is 0.276 e. The SMILES string of the molecule is COc1ccc(CCCc2cccc(OCC(=O)NNC(=O)C3CCCCN3CCOc3ccc(C(=O)c4c(-c5ccc(O)cc5)sc5cc(O)ccc45)cc3)c2)cc1OC. The third-order valence-electron chi connectivity index (χ3n) is 10.7. The largest absolute Gasteiger partial charge is 0.508 e. The summed E-state index contributed by atoms with van der Waals surface area (Å²) < 4.78 is 23.3. The number of rotatable bonds is 17. The molecule has 5 aromatic carbocycles. The fourth-order valence-electron chi connectivity index (χ4n) is 7.53. The second-order valence-electron chi connectivity index (χ2n) is 14.8. The van der Waals surface area contributed by atoms with E-state index >= 15 is 0 Å². The molecule has 0 bridgehead atoms. The first-order valence-corrected chi connectivity index (χ1v) is 21.1. The maximum Gasteiger partial charge on any atom is 0.276 e. The highest BCUT2D eigenvalue weighted by molar-refractivity contribution is 7.22. The topological polar surface area (TPSA) is 156 Å². The van der Waals surface area contributed by atoms with Crippen LogP contribution in [-0.2, 0) is 22.4 Å². The molecule has 0 aliphatic carbocycles. The summed E-state index contributed by atoms with van der Waals surface area (Å²) in [5.74, 6) is 1.87. The number of ether oxygens (including phenoxy) is 4. The van der Waals surface area contributed by atoms with Crippen LogP contribution in [0.3, 0.4) is 0 Å². The molecule has 6 aromatic rings. The number of carbonyl (C=O) groups is 3. The van der Waals surface area contributed by atoms with Crippen molar-refractivity contribution in [2.45, 2.75) is 44.6 Å². The Hall–Kier alpha value is -6.57. The zero-order chi connectivity index (χ0) is 42.7. The van der Waals surface area contributed by atoms with Crippen molar-refractivity contribution in [1.29, 1.82) is 0 Å². The highest BCUT2D eigenvalue weighted by atomic mass is 32.1. The number of likely N-dealkylation sites (tertiary alicyclic amines) is 1. The molecule has 7 rings (SSSR count). The minimum atomic E-state index is -0.470. The number of carbonyl (C=O) groups excluding carboxylic acids is 3. The van der Waals surface area contributed by atoms with Gasteiger partial charge in [-0.2, -0.15) is 0 Å². The average Bonchev–Trinajstić information content (AvgIpc) is 3.66. The first kappa shape index (κ1) is 42.6. The van der Waals surface area contributed by atoms with E-state index in [9.17, 15) is 24.6 Å². The van der Waals surface area contributed by atoms with Crippen LogP contribution in [0.25, 0.3) is 20.5 Å². The number of phenols is 2. The number of nitrogens with zero attached hydrogens (tertiary/aromatic N) is 1. The second-order valence-corrected chi connectivity index (χ2v) is 15.9. The molecule has 0 radical (unpaired) electrons. The van der Waals surface area contributed by atoms with Crippen molar-refractivity contribution >= 4 is 39.0 Å². The summed E-state index contributed by atoms with van der Waals surface area (Å²) in [5.41, 5.74) is 9.12. The number of thiophene rings is 1. The zero-order valence-electron chi connectivity index (χ0n) is 34.1. The number of nitrogens with one attached hydrogen (secondary N) is 2. The first-order valence-electron chi connectivity index (χ1n) is 20.3. The maximum atomic E-state index is 14.0. The van der Waals surface area contributed by atoms with Crippen molar-refractivity contribution in [3.63, 3.8) is 0 Å². The zero-order valence-corrected chi connectivity index (χ0v) is 35.0. The Balaban J connectivity index is 0.864. The summed E-state index contributed by atoms with van der Waals surface area (Å²) in [6, 6.07) is 31.8. The molecule has 1 atom stereocenters. The van der Waals surface area contributed by atoms with Gasteiger partial charge in [0.2, 0.25) is 0 Å². The number of ketones is 1. The van der Waals surface area contributed by atoms with E-state index in [-0.39, 0.29) is 29.8 Å². The molecule has 61 heavy (non-hydrogen) atoms. The Bertz CT molecular complexity index is 2470. The molecule has 0 spiro atoms. The van der Waals surface area contributed by atoms with Crippen molar-refractivity contribution < 1.29 is 43.5 Å². The van der Waals surface area contributed by atoms with E-state index in [1.807, 2.05) is 36.4 Å². The van der Waals surface area contributed by atoms with Crippen LogP contribution in [-0.4, -0.2) is 79.3 Å². The summed E-state index contributed by atoms with van der Waals surface area (Å²) in [7, 11) is 3.24. The minimum absolute atomic E-state index is 0.116. The van der Waals surface area contributed by atoms with Crippen molar-refractivity contribution in [2.75, 3.05) is 40.5 Å². The second kappa shape index (κ2) is 20.1. The van der Waals surface area contributed by atoms with Crippen LogP contribution in [0.15, 0.2) is 109 Å². The number of hydrogen-bond donors (Lipinski definition) is 4. The molecule has 2 heterocycles. The third kappa shape index (κ3) is 10.8. The van der Waals surface area contributed by atoms with Crippen LogP contribution < -0.4 is 29.8 Å². The van der Waals surface area contributed by atoms with Crippen molar-refractivity contribution in [1.82, 2.24) is 15.8 Å². The lowest BCUT2D eigenvalue weighted by atomic mass is 9.97. The van der Waals surface area contributed by atoms with Crippen LogP contribution in [0.2, 0.25) is 0 Å². The Labute approximate surface area is 358 Å². The number of aryl methyl sites for hydroxylation is 2. The number of fused-ring (bicyclic) bond motifs is 1. The lowest BCUT2D eigenvalue weighted by Gasteiger charge is -2.34. The molecule has 1 aliphatic heterocycles. The normalized spacial score (nSPS) is 14.0. The predicted octanol–water partition coefficient (Wildman–Crippen LogP) is 7.86. The fourth-order valence-corrected chi connectivity index (χ4v) is 8.77. The maximum absolute atomic E-state index is 14.0. The summed E-state index contributed by atoms with van der Waals surface area (Å²) in [5, 5.41) is 20.7. The van der Waals surface area contributed by atoms with Gasteiger partial charge in [0.25, 0.3) is 11.8 Å². The number of aromatic hydroxyl groups is 2. The number of phenolic OH excluding ortho intramolecular Hbond substituents is 2. The van der Waals surface area contributed by atoms with E-state index < -0.39 is 11.9 Å². The van der Waals surface area contributed by atoms with Gasteiger partial charge in [-0.05, 0) is 146 Å². The number of piperidine rings is 1. The van der Waals surface area contributed by atoms with Crippen molar-refractivity contribution in [3.8, 4) is 44.9 Å². The summed E-state index contributed by atoms with van der Waals surface area (Å²) in [6.45, 7) is 1.27. The number of hydrazine groups is 1. The molecular weight excluding hydrogens is 795 g/mol. The van der Waals surface area contributed by atoms with Crippen LogP contribution in [0.1, 0.15) is 52.7 Å². The molecule has 0 saturated carbocycles. The van der Waals surface area contributed by atoms with E-state index in [2.05, 4.69) is 15.8 Å². The quantitative estimate of drug-likeness (QED) is 0.0527. The van der Waals surface area contributed by atoms with Crippen molar-refractivity contribution in [3.05, 3.63) is 131 Å². The molecule has 1 saturated heterocycles. The monoisotopic (exact) mass is 843 g/mol. The van der Waals surface area contributed by atoms with Gasteiger partial charge in [0.1, 0.15) is 29.6 Å². The predicted molar refractivity (Wildman–Crippen MR) is 235 cm³/mol. The van der Waals surface area contributed by atoms with Crippen LogP contribution >= 0.6 is 11.3 Å². The number of methoxy groups -OCH3 is 2. The van der Waals surface area contributed by atoms with Gasteiger partial charge in [0.05, 0.1) is 20.3 Å². The molecular formula is C48H49N3O9S. The highest BCUT2D eigenvalue weighted by Crippen LogP contribution is 2.41. The molecule has 13 heteroatoms. The van der Waals surface area contributed by atoms with E-state index in [1.165, 1.54) is 11.3 Å². The molecule has 2 amide bonds. The van der Waals surface area contributed by atoms with Gasteiger partial charge in [-0.1, -0.05) is 24.6 Å². The first-order chi connectivity index (χ1) is 29.7. The van der Waals surface area contributed by atoms with Crippen LogP contribution in [0, 0.1) is 0 Å². The average molecular weight is 844 g/mol. The minimum Gasteiger partial charge on any atom is -0.508 e. The Morgan fingerprint density at radius 3 is 2.28 bits per heavy atom. The molecule has 1 aromatic heterocycles. The molecule has 12 nitrogen and oxygen atoms in total. The lowest BCUT2D eigenvalue weighted by molar-refractivity contribution is -0.133. The molecule has 1 unspecified atom stereocenters. The van der Waals surface area contributed by atoms with E-state index in [0.29, 0.717) is 60.2 Å². The summed E-state index contributed by atoms with van der Waals surface area (Å²) >= 11 is 1.41. The molecule has 4 N–H and O–H groups in total. The summed E-state index contributed by atoms with van der Waals surface area (Å²) in [4.78, 5) is 42.7. The lowest BCUT2D eigenvalue weighted by Crippen LogP contribution is -2.55. The van der Waals surface area contributed by atoms with E-state index in [0.717, 1.165) is 63.8 Å². The number of benzene rings is 5. The van der Waals surface area contributed by atoms with E-state index in [1.54, 1.807) is 87.0 Å². The number of hydrogen-bond acceptors (Lipinski definition) is 11. The van der Waals surface area contributed by atoms with Crippen LogP contribution in [0.4, 0.5) is 0 Å². The molecule has 1 aliphatic rings. The van der Waals surface area contributed by atoms with E-state index in [4.69, 9.17) is 18.9 Å². The van der Waals surface area contributed by atoms with Crippen molar-refractivity contribution in [2.24, 2.45) is 0 Å². The number of amides is 2. The molecule has 1 fully saturated rings. The third-order valence-corrected chi connectivity index (χ3v) is 11.9. The van der Waals surface area contributed by atoms with Gasteiger partial charge in [0.15, 0.2) is 23.9 Å². The van der Waals surface area contributed by atoms with Gasteiger partial charge in [-0.25, -0.2) is 0 Å².